The highest BCUT2D eigenvalue weighted by Gasteiger charge is 1.62. The van der Waals surface area contributed by atoms with E-state index in [1.54, 1.807) is 15.9 Å². The van der Waals surface area contributed by atoms with E-state index in [4.69, 9.17) is 0 Å². The topological polar surface area (TPSA) is 0 Å². The van der Waals surface area contributed by atoms with Crippen molar-refractivity contribution in [3.8, 4) is 0 Å². The van der Waals surface area contributed by atoms with Gasteiger partial charge in [0.15, 0.2) is 0 Å². The molecule has 0 unspecified atom stereocenters. The minimum absolute atomic E-state index is 1.73. The second-order valence-electron chi connectivity index (χ2n) is 0.126. The zero-order valence-corrected chi connectivity index (χ0v) is 7.52. The van der Waals surface area contributed by atoms with Crippen molar-refractivity contribution in [2.45, 2.75) is 0 Å². The minimum atomic E-state index is 1.73. The fourth-order valence-electron chi connectivity index (χ4n) is 0. The van der Waals surface area contributed by atoms with Crippen molar-refractivity contribution >= 4 is 58.3 Å². The summed E-state index contributed by atoms with van der Waals surface area (Å²) < 4.78 is 0. The first-order valence-corrected chi connectivity index (χ1v) is 7.71. The molecule has 4 heavy (non-hydrogen) atoms. The van der Waals surface area contributed by atoms with Gasteiger partial charge in [-0.15, -0.1) is 0 Å². The normalized spacial score (nSPS) is 7.50. The molecule has 0 heterocycles. The van der Waals surface area contributed by atoms with Crippen molar-refractivity contribution < 1.29 is 0 Å². The van der Waals surface area contributed by atoms with Crippen LogP contribution >= 0.6 is 58.3 Å². The van der Waals surface area contributed by atoms with Crippen molar-refractivity contribution in [3.05, 3.63) is 0 Å². The Kier molecular flexibility index (Phi) is 7.95. The third-order valence-electron chi connectivity index (χ3n) is 0.0238. The first-order valence-electron chi connectivity index (χ1n) is 0.475. The first kappa shape index (κ1) is 6.16. The summed E-state index contributed by atoms with van der Waals surface area (Å²) >= 11 is 4.45. The summed E-state index contributed by atoms with van der Waals surface area (Å²) in [7, 11) is 3.46. The molecule has 0 nitrogen and oxygen atoms in total. The van der Waals surface area contributed by atoms with Crippen LogP contribution < -0.4 is 0 Å². The van der Waals surface area contributed by atoms with Crippen LogP contribution in [-0.4, -0.2) is 0 Å². The predicted molar refractivity (Wildman–Crippen MR) is 43.2 cm³/mol. The summed E-state index contributed by atoms with van der Waals surface area (Å²) in [5, 5.41) is 0. The molecule has 0 bridgehead atoms. The number of hydrogen-bond donors (Lipinski definition) is 0. The maximum atomic E-state index is 2.22. The van der Waals surface area contributed by atoms with Gasteiger partial charge in [-0.1, -0.05) is 0 Å². The summed E-state index contributed by atoms with van der Waals surface area (Å²) in [5.74, 6) is 0. The summed E-state index contributed by atoms with van der Waals surface area (Å²) in [4.78, 5) is 0. The summed E-state index contributed by atoms with van der Waals surface area (Å²) in [5.41, 5.74) is 0. The molecule has 0 aliphatic heterocycles. The van der Waals surface area contributed by atoms with Gasteiger partial charge < -0.3 is 0 Å². The van der Waals surface area contributed by atoms with E-state index in [0.717, 1.165) is 0 Å². The van der Waals surface area contributed by atoms with E-state index in [-0.39, 0.29) is 0 Å². The standard InChI is InChI=1S/I2S2/c1-3-4-2. The Labute approximate surface area is 57.4 Å². The molecule has 0 atom stereocenters. The highest BCUT2D eigenvalue weighted by atomic mass is 127. The second kappa shape index (κ2) is 5.16. The molecule has 0 fully saturated rings. The molecule has 0 aliphatic rings. The quantitative estimate of drug-likeness (QED) is 0.538. The van der Waals surface area contributed by atoms with Gasteiger partial charge in [-0.3, -0.25) is 0 Å². The van der Waals surface area contributed by atoms with Crippen molar-refractivity contribution in [2.75, 3.05) is 0 Å². The van der Waals surface area contributed by atoms with E-state index in [2.05, 4.69) is 42.4 Å². The zero-order valence-electron chi connectivity index (χ0n) is 1.57. The predicted octanol–water partition coefficient (Wildman–Crippen LogP) is 3.07. The average Bonchev–Trinajstić information content (AvgIpc) is 1.37. The van der Waals surface area contributed by atoms with Gasteiger partial charge in [-0.2, -0.15) is 0 Å². The van der Waals surface area contributed by atoms with E-state index in [0.29, 0.717) is 0 Å². The Bertz CT molecular complexity index is 6.00. The molecule has 0 aliphatic carbocycles. The van der Waals surface area contributed by atoms with Crippen molar-refractivity contribution in [1.82, 2.24) is 0 Å². The molecule has 0 N–H and O–H groups in total. The van der Waals surface area contributed by atoms with Crippen LogP contribution in [0.25, 0.3) is 0 Å². The smallest absolute Gasteiger partial charge is 0.00936 e. The van der Waals surface area contributed by atoms with Gasteiger partial charge in [0.25, 0.3) is 0 Å². The van der Waals surface area contributed by atoms with Gasteiger partial charge in [0, 0.05) is 42.4 Å². The van der Waals surface area contributed by atoms with Gasteiger partial charge in [0.2, 0.25) is 0 Å². The lowest BCUT2D eigenvalue weighted by Crippen LogP contribution is -0.908. The Morgan fingerprint density at radius 3 is 1.25 bits per heavy atom. The van der Waals surface area contributed by atoms with Crippen LogP contribution in [0.15, 0.2) is 0 Å². The molecule has 0 saturated carbocycles. The monoisotopic (exact) mass is 318 g/mol. The molecule has 0 amide bonds. The molecule has 0 aromatic carbocycles. The number of halogens is 2. The van der Waals surface area contributed by atoms with Crippen molar-refractivity contribution in [2.24, 2.45) is 0 Å². The lowest BCUT2D eigenvalue weighted by Gasteiger charge is -1.62. The molecule has 0 spiro atoms. The fraction of sp³-hybridized carbons (Fsp3) is 0. The number of rotatable bonds is 1. The van der Waals surface area contributed by atoms with Crippen LogP contribution in [-0.2, 0) is 0 Å². The highest BCUT2D eigenvalue weighted by Crippen LogP contribution is 2.34. The van der Waals surface area contributed by atoms with Crippen LogP contribution in [0.1, 0.15) is 0 Å². The Morgan fingerprint density at radius 2 is 1.25 bits per heavy atom. The summed E-state index contributed by atoms with van der Waals surface area (Å²) in [6, 6.07) is 0. The fourth-order valence-corrected chi connectivity index (χ4v) is 0. The summed E-state index contributed by atoms with van der Waals surface area (Å²) in [6.45, 7) is 0. The van der Waals surface area contributed by atoms with E-state index in [1.165, 1.54) is 0 Å². The molecular weight excluding hydrogens is 318 g/mol. The molecule has 4 heteroatoms. The van der Waals surface area contributed by atoms with Crippen LogP contribution in [0.4, 0.5) is 0 Å². The third-order valence-corrected chi connectivity index (χ3v) is 9.64. The largest absolute Gasteiger partial charge is 0.00936 e. The molecule has 0 saturated heterocycles. The zero-order chi connectivity index (χ0) is 3.41. The Morgan fingerprint density at radius 1 is 1.00 bits per heavy atom. The van der Waals surface area contributed by atoms with E-state index >= 15 is 0 Å². The minimum Gasteiger partial charge on any atom is -0.00936 e. The molecular formula is I2S2. The summed E-state index contributed by atoms with van der Waals surface area (Å²) in [6.07, 6.45) is 0. The lowest BCUT2D eigenvalue weighted by atomic mass is 31.1. The van der Waals surface area contributed by atoms with Gasteiger partial charge in [-0.25, -0.2) is 0 Å². The first-order chi connectivity index (χ1) is 1.91. The average molecular weight is 318 g/mol. The molecule has 0 aromatic heterocycles. The lowest BCUT2D eigenvalue weighted by molar-refractivity contribution is 6.46. The van der Waals surface area contributed by atoms with Gasteiger partial charge >= 0.3 is 0 Å². The molecule has 0 aromatic rings. The maximum Gasteiger partial charge on any atom is 0.00936 e. The van der Waals surface area contributed by atoms with E-state index in [9.17, 15) is 0 Å². The SMILES string of the molecule is ISSI. The van der Waals surface area contributed by atoms with Crippen molar-refractivity contribution in [1.29, 1.82) is 0 Å². The highest BCUT2D eigenvalue weighted by molar-refractivity contribution is 14.2. The van der Waals surface area contributed by atoms with Gasteiger partial charge in [0.1, 0.15) is 0 Å². The third kappa shape index (κ3) is 4.16. The van der Waals surface area contributed by atoms with Crippen LogP contribution in [0.3, 0.4) is 0 Å². The number of hydrogen-bond acceptors (Lipinski definition) is 2. The van der Waals surface area contributed by atoms with Gasteiger partial charge in [-0.05, 0) is 15.9 Å². The second-order valence-corrected chi connectivity index (χ2v) is 7.61. The molecule has 26 valence electrons. The molecule has 0 radical (unpaired) electrons. The van der Waals surface area contributed by atoms with Crippen LogP contribution in [0, 0.1) is 0 Å². The van der Waals surface area contributed by atoms with Gasteiger partial charge in [0.05, 0.1) is 0 Å². The maximum absolute atomic E-state index is 2.22. The molecule has 0 rings (SSSR count). The van der Waals surface area contributed by atoms with E-state index < -0.39 is 0 Å². The van der Waals surface area contributed by atoms with Crippen molar-refractivity contribution in [3.63, 3.8) is 0 Å². The van der Waals surface area contributed by atoms with Crippen LogP contribution in [0.2, 0.25) is 0 Å². The Balaban J connectivity index is 1.97. The van der Waals surface area contributed by atoms with E-state index in [1.807, 2.05) is 0 Å². The Hall–Kier alpha value is 2.16. The van der Waals surface area contributed by atoms with Crippen LogP contribution in [0.5, 0.6) is 0 Å².